The number of nitrogens with one attached hydrogen (secondary N) is 1. The van der Waals surface area contributed by atoms with Gasteiger partial charge in [-0.25, -0.2) is 9.37 Å². The van der Waals surface area contributed by atoms with Gasteiger partial charge in [-0.1, -0.05) is 17.7 Å². The van der Waals surface area contributed by atoms with Gasteiger partial charge >= 0.3 is 0 Å². The zero-order valence-electron chi connectivity index (χ0n) is 13.1. The first kappa shape index (κ1) is 15.2. The maximum absolute atomic E-state index is 13.2. The highest BCUT2D eigenvalue weighted by atomic mass is 35.5. The molecule has 0 saturated carbocycles. The average molecular weight is 334 g/mol. The number of aromatic nitrogens is 2. The SMILES string of the molecule is Fc1ccc(CN2CCCC2c2nc3c([nH]2)CCCC3)c(Cl)c1. The summed E-state index contributed by atoms with van der Waals surface area (Å²) in [5.74, 6) is 0.822. The molecule has 0 spiro atoms. The zero-order chi connectivity index (χ0) is 15.8. The van der Waals surface area contributed by atoms with E-state index >= 15 is 0 Å². The Labute approximate surface area is 140 Å². The predicted molar refractivity (Wildman–Crippen MR) is 89.0 cm³/mol. The van der Waals surface area contributed by atoms with Crippen LogP contribution >= 0.6 is 11.6 Å². The molecule has 0 bridgehead atoms. The van der Waals surface area contributed by atoms with Crippen molar-refractivity contribution >= 4 is 11.6 Å². The van der Waals surface area contributed by atoms with Gasteiger partial charge in [0, 0.05) is 17.3 Å². The lowest BCUT2D eigenvalue weighted by Crippen LogP contribution is -2.23. The molecular formula is C18H21ClFN3. The minimum Gasteiger partial charge on any atom is -0.344 e. The first-order valence-electron chi connectivity index (χ1n) is 8.46. The topological polar surface area (TPSA) is 31.9 Å². The van der Waals surface area contributed by atoms with E-state index in [9.17, 15) is 4.39 Å². The fourth-order valence-corrected chi connectivity index (χ4v) is 4.05. The Morgan fingerprint density at radius 1 is 1.26 bits per heavy atom. The number of imidazole rings is 1. The van der Waals surface area contributed by atoms with Crippen LogP contribution in [0.2, 0.25) is 5.02 Å². The van der Waals surface area contributed by atoms with Crippen LogP contribution in [0.4, 0.5) is 4.39 Å². The van der Waals surface area contributed by atoms with Gasteiger partial charge in [-0.2, -0.15) is 0 Å². The highest BCUT2D eigenvalue weighted by Crippen LogP contribution is 2.34. The molecule has 4 rings (SSSR count). The second-order valence-electron chi connectivity index (χ2n) is 6.62. The van der Waals surface area contributed by atoms with Crippen molar-refractivity contribution in [3.63, 3.8) is 0 Å². The third-order valence-corrected chi connectivity index (χ3v) is 5.39. The Morgan fingerprint density at radius 2 is 2.13 bits per heavy atom. The average Bonchev–Trinajstić information content (AvgIpc) is 3.16. The monoisotopic (exact) mass is 333 g/mol. The largest absolute Gasteiger partial charge is 0.344 e. The highest BCUT2D eigenvalue weighted by Gasteiger charge is 2.30. The van der Waals surface area contributed by atoms with Gasteiger partial charge in [-0.3, -0.25) is 4.90 Å². The van der Waals surface area contributed by atoms with Crippen molar-refractivity contribution in [1.82, 2.24) is 14.9 Å². The molecule has 1 aliphatic carbocycles. The lowest BCUT2D eigenvalue weighted by molar-refractivity contribution is 0.240. The van der Waals surface area contributed by atoms with Gasteiger partial charge in [0.25, 0.3) is 0 Å². The molecule has 1 unspecified atom stereocenters. The zero-order valence-corrected chi connectivity index (χ0v) is 13.9. The molecule has 122 valence electrons. The lowest BCUT2D eigenvalue weighted by Gasteiger charge is -2.23. The number of aryl methyl sites for hydroxylation is 2. The fourth-order valence-electron chi connectivity index (χ4n) is 3.83. The summed E-state index contributed by atoms with van der Waals surface area (Å²) >= 11 is 6.19. The predicted octanol–water partition coefficient (Wildman–Crippen LogP) is 4.42. The van der Waals surface area contributed by atoms with Gasteiger partial charge < -0.3 is 4.98 Å². The lowest BCUT2D eigenvalue weighted by atomic mass is 10.0. The first-order valence-corrected chi connectivity index (χ1v) is 8.84. The van der Waals surface area contributed by atoms with Gasteiger partial charge in [-0.15, -0.1) is 0 Å². The van der Waals surface area contributed by atoms with Crippen LogP contribution in [-0.4, -0.2) is 21.4 Å². The van der Waals surface area contributed by atoms with Crippen LogP contribution in [0.5, 0.6) is 0 Å². The van der Waals surface area contributed by atoms with Crippen LogP contribution in [-0.2, 0) is 19.4 Å². The van der Waals surface area contributed by atoms with Crippen LogP contribution < -0.4 is 0 Å². The summed E-state index contributed by atoms with van der Waals surface area (Å²) in [4.78, 5) is 10.8. The van der Waals surface area contributed by atoms with Gasteiger partial charge in [0.1, 0.15) is 11.6 Å². The molecule has 1 aromatic heterocycles. The molecule has 2 heterocycles. The summed E-state index contributed by atoms with van der Waals surface area (Å²) in [6, 6.07) is 4.99. The van der Waals surface area contributed by atoms with Crippen LogP contribution in [0.3, 0.4) is 0 Å². The number of aromatic amines is 1. The van der Waals surface area contributed by atoms with Crippen molar-refractivity contribution in [2.45, 2.75) is 51.1 Å². The van der Waals surface area contributed by atoms with Crippen LogP contribution in [0, 0.1) is 5.82 Å². The summed E-state index contributed by atoms with van der Waals surface area (Å²) in [5.41, 5.74) is 3.58. The number of likely N-dealkylation sites (tertiary alicyclic amines) is 1. The number of fused-ring (bicyclic) bond motifs is 1. The van der Waals surface area contributed by atoms with Gasteiger partial charge in [0.15, 0.2) is 0 Å². The van der Waals surface area contributed by atoms with E-state index < -0.39 is 0 Å². The second-order valence-corrected chi connectivity index (χ2v) is 7.03. The maximum Gasteiger partial charge on any atom is 0.124 e. The normalized spacial score (nSPS) is 21.6. The van der Waals surface area contributed by atoms with Crippen molar-refractivity contribution in [2.75, 3.05) is 6.54 Å². The van der Waals surface area contributed by atoms with Crippen molar-refractivity contribution < 1.29 is 4.39 Å². The van der Waals surface area contributed by atoms with E-state index in [-0.39, 0.29) is 5.82 Å². The van der Waals surface area contributed by atoms with E-state index in [0.717, 1.165) is 50.2 Å². The highest BCUT2D eigenvalue weighted by molar-refractivity contribution is 6.31. The molecule has 2 aliphatic rings. The van der Waals surface area contributed by atoms with Gasteiger partial charge in [0.05, 0.1) is 11.7 Å². The summed E-state index contributed by atoms with van der Waals surface area (Å²) in [5, 5.41) is 0.509. The Morgan fingerprint density at radius 3 is 2.96 bits per heavy atom. The Bertz CT molecular complexity index is 689. The number of halogens is 2. The number of rotatable bonds is 3. The van der Waals surface area contributed by atoms with Crippen LogP contribution in [0.25, 0.3) is 0 Å². The fraction of sp³-hybridized carbons (Fsp3) is 0.500. The Balaban J connectivity index is 1.55. The molecule has 2 aromatic rings. The van der Waals surface area contributed by atoms with Crippen LogP contribution in [0.15, 0.2) is 18.2 Å². The van der Waals surface area contributed by atoms with Gasteiger partial charge in [0.2, 0.25) is 0 Å². The number of benzene rings is 1. The summed E-state index contributed by atoms with van der Waals surface area (Å²) in [6.45, 7) is 1.78. The quantitative estimate of drug-likeness (QED) is 0.901. The molecule has 23 heavy (non-hydrogen) atoms. The van der Waals surface area contributed by atoms with E-state index in [4.69, 9.17) is 16.6 Å². The first-order chi connectivity index (χ1) is 11.2. The summed E-state index contributed by atoms with van der Waals surface area (Å²) in [6.07, 6.45) is 7.01. The molecule has 1 aliphatic heterocycles. The number of nitrogens with zero attached hydrogens (tertiary/aromatic N) is 2. The number of hydrogen-bond acceptors (Lipinski definition) is 2. The maximum atomic E-state index is 13.2. The molecular weight excluding hydrogens is 313 g/mol. The summed E-state index contributed by atoms with van der Waals surface area (Å²) in [7, 11) is 0. The molecule has 1 saturated heterocycles. The third kappa shape index (κ3) is 3.02. The van der Waals surface area contributed by atoms with Gasteiger partial charge in [-0.05, 0) is 62.8 Å². The van der Waals surface area contributed by atoms with Crippen molar-refractivity contribution in [1.29, 1.82) is 0 Å². The van der Waals surface area contributed by atoms with Crippen molar-refractivity contribution in [3.8, 4) is 0 Å². The molecule has 3 nitrogen and oxygen atoms in total. The number of hydrogen-bond donors (Lipinski definition) is 1. The Kier molecular flexibility index (Phi) is 4.12. The minimum atomic E-state index is -0.282. The van der Waals surface area contributed by atoms with Crippen LogP contribution in [0.1, 0.15) is 54.5 Å². The van der Waals surface area contributed by atoms with E-state index in [2.05, 4.69) is 9.88 Å². The molecule has 1 N–H and O–H groups in total. The molecule has 0 amide bonds. The molecule has 1 atom stereocenters. The summed E-state index contributed by atoms with van der Waals surface area (Å²) < 4.78 is 13.2. The molecule has 1 aromatic carbocycles. The standard InChI is InChI=1S/C18H21ClFN3/c19-14-10-13(20)8-7-12(14)11-23-9-3-6-17(23)18-21-15-4-1-2-5-16(15)22-18/h7-8,10,17H,1-6,9,11H2,(H,21,22). The third-order valence-electron chi connectivity index (χ3n) is 5.04. The molecule has 0 radical (unpaired) electrons. The Hall–Kier alpha value is -1.39. The van der Waals surface area contributed by atoms with E-state index in [1.54, 1.807) is 6.07 Å². The van der Waals surface area contributed by atoms with E-state index in [1.807, 2.05) is 0 Å². The van der Waals surface area contributed by atoms with Crippen molar-refractivity contribution in [2.24, 2.45) is 0 Å². The van der Waals surface area contributed by atoms with Crippen molar-refractivity contribution in [3.05, 3.63) is 51.8 Å². The van der Waals surface area contributed by atoms with E-state index in [1.165, 1.54) is 36.4 Å². The molecule has 5 heteroatoms. The smallest absolute Gasteiger partial charge is 0.124 e. The van der Waals surface area contributed by atoms with E-state index in [0.29, 0.717) is 11.1 Å². The minimum absolute atomic E-state index is 0.282. The molecule has 1 fully saturated rings. The second kappa shape index (κ2) is 6.25. The number of H-pyrrole nitrogens is 1.